The largest absolute Gasteiger partial charge is 0.336 e. The number of amides is 1. The fourth-order valence-electron chi connectivity index (χ4n) is 2.40. The summed E-state index contributed by atoms with van der Waals surface area (Å²) in [5, 5.41) is 3.25. The summed E-state index contributed by atoms with van der Waals surface area (Å²) >= 11 is 9.18. The van der Waals surface area contributed by atoms with Gasteiger partial charge in [0.25, 0.3) is 5.91 Å². The highest BCUT2D eigenvalue weighted by Crippen LogP contribution is 2.26. The molecule has 0 spiro atoms. The van der Waals surface area contributed by atoms with Gasteiger partial charge in [0.05, 0.1) is 0 Å². The summed E-state index contributed by atoms with van der Waals surface area (Å²) in [6.07, 6.45) is 2.05. The highest BCUT2D eigenvalue weighted by molar-refractivity contribution is 7.98. The molecular weight excluding hydrogens is 372 g/mol. The summed E-state index contributed by atoms with van der Waals surface area (Å²) in [4.78, 5) is 20.0. The molecule has 0 unspecified atom stereocenters. The number of aromatic nitrogens is 1. The second-order valence-corrected chi connectivity index (χ2v) is 7.73. The van der Waals surface area contributed by atoms with Crippen LogP contribution in [0.4, 0.5) is 0 Å². The molecule has 0 bridgehead atoms. The summed E-state index contributed by atoms with van der Waals surface area (Å²) < 4.78 is 0. The van der Waals surface area contributed by atoms with E-state index in [2.05, 4.69) is 17.1 Å². The zero-order valence-electron chi connectivity index (χ0n) is 13.9. The Hall–Kier alpha value is -1.82. The average molecular weight is 389 g/mol. The number of thiazole rings is 1. The number of hydrogen-bond donors (Lipinski definition) is 0. The van der Waals surface area contributed by atoms with Crippen LogP contribution >= 0.6 is 34.7 Å². The van der Waals surface area contributed by atoms with Crippen LogP contribution in [0.25, 0.3) is 10.6 Å². The van der Waals surface area contributed by atoms with Gasteiger partial charge in [0, 0.05) is 34.5 Å². The van der Waals surface area contributed by atoms with Gasteiger partial charge in [0.1, 0.15) is 10.7 Å². The Morgan fingerprint density at radius 2 is 2.00 bits per heavy atom. The number of halogens is 1. The fourth-order valence-corrected chi connectivity index (χ4v) is 3.79. The van der Waals surface area contributed by atoms with Crippen molar-refractivity contribution in [3.8, 4) is 10.6 Å². The van der Waals surface area contributed by atoms with E-state index in [1.165, 1.54) is 16.2 Å². The number of benzene rings is 2. The van der Waals surface area contributed by atoms with Gasteiger partial charge in [-0.05, 0) is 36.1 Å². The third kappa shape index (κ3) is 4.42. The number of rotatable bonds is 5. The second-order valence-electron chi connectivity index (χ2n) is 5.56. The predicted octanol–water partition coefficient (Wildman–Crippen LogP) is 5.46. The molecule has 3 rings (SSSR count). The quantitative estimate of drug-likeness (QED) is 0.544. The molecule has 0 aliphatic heterocycles. The van der Waals surface area contributed by atoms with Crippen molar-refractivity contribution in [2.45, 2.75) is 11.4 Å². The Kier molecular flexibility index (Phi) is 5.78. The van der Waals surface area contributed by atoms with E-state index >= 15 is 0 Å². The van der Waals surface area contributed by atoms with E-state index in [1.54, 1.807) is 29.1 Å². The summed E-state index contributed by atoms with van der Waals surface area (Å²) in [6, 6.07) is 15.7. The van der Waals surface area contributed by atoms with Crippen LogP contribution in [-0.2, 0) is 6.54 Å². The number of thioether (sulfide) groups is 1. The maximum Gasteiger partial charge on any atom is 0.273 e. The Morgan fingerprint density at radius 3 is 2.68 bits per heavy atom. The molecule has 0 saturated heterocycles. The van der Waals surface area contributed by atoms with Gasteiger partial charge in [-0.2, -0.15) is 0 Å². The maximum absolute atomic E-state index is 12.6. The SMILES string of the molecule is CSc1ccc(CN(C)C(=O)c2csc(-c3cccc(Cl)c3)n2)cc1. The van der Waals surface area contributed by atoms with Crippen LogP contribution in [0.1, 0.15) is 16.1 Å². The van der Waals surface area contributed by atoms with E-state index in [4.69, 9.17) is 11.6 Å². The van der Waals surface area contributed by atoms with Crippen LogP contribution in [0.15, 0.2) is 58.8 Å². The van der Waals surface area contributed by atoms with Crippen LogP contribution in [0, 0.1) is 0 Å². The molecule has 0 N–H and O–H groups in total. The molecule has 1 heterocycles. The smallest absolute Gasteiger partial charge is 0.273 e. The minimum atomic E-state index is -0.0847. The molecule has 0 fully saturated rings. The van der Waals surface area contributed by atoms with E-state index in [1.807, 2.05) is 42.7 Å². The average Bonchev–Trinajstić information content (AvgIpc) is 3.12. The molecule has 6 heteroatoms. The molecule has 1 amide bonds. The van der Waals surface area contributed by atoms with E-state index in [0.29, 0.717) is 17.3 Å². The van der Waals surface area contributed by atoms with Crippen molar-refractivity contribution in [1.82, 2.24) is 9.88 Å². The van der Waals surface area contributed by atoms with Crippen LogP contribution < -0.4 is 0 Å². The van der Waals surface area contributed by atoms with Crippen molar-refractivity contribution in [3.63, 3.8) is 0 Å². The molecule has 1 aromatic heterocycles. The lowest BCUT2D eigenvalue weighted by Crippen LogP contribution is -2.26. The lowest BCUT2D eigenvalue weighted by Gasteiger charge is -2.16. The predicted molar refractivity (Wildman–Crippen MR) is 107 cm³/mol. The summed E-state index contributed by atoms with van der Waals surface area (Å²) in [5.74, 6) is -0.0847. The highest BCUT2D eigenvalue weighted by Gasteiger charge is 2.16. The molecule has 128 valence electrons. The highest BCUT2D eigenvalue weighted by atomic mass is 35.5. The van der Waals surface area contributed by atoms with Gasteiger partial charge in [-0.3, -0.25) is 4.79 Å². The molecule has 3 nitrogen and oxygen atoms in total. The molecule has 25 heavy (non-hydrogen) atoms. The van der Waals surface area contributed by atoms with Crippen LogP contribution in [0.3, 0.4) is 0 Å². The first-order valence-corrected chi connectivity index (χ1v) is 10.1. The maximum atomic E-state index is 12.6. The molecule has 3 aromatic rings. The topological polar surface area (TPSA) is 33.2 Å². The molecular formula is C19H17ClN2OS2. The van der Waals surface area contributed by atoms with Crippen molar-refractivity contribution >= 4 is 40.6 Å². The van der Waals surface area contributed by atoms with Gasteiger partial charge < -0.3 is 4.90 Å². The van der Waals surface area contributed by atoms with Gasteiger partial charge in [-0.1, -0.05) is 35.9 Å². The molecule has 0 saturated carbocycles. The van der Waals surface area contributed by atoms with Crippen LogP contribution in [0.5, 0.6) is 0 Å². The Morgan fingerprint density at radius 1 is 1.24 bits per heavy atom. The molecule has 0 atom stereocenters. The van der Waals surface area contributed by atoms with Gasteiger partial charge in [0.15, 0.2) is 0 Å². The minimum absolute atomic E-state index is 0.0847. The van der Waals surface area contributed by atoms with Crippen molar-refractivity contribution in [1.29, 1.82) is 0 Å². The van der Waals surface area contributed by atoms with Gasteiger partial charge >= 0.3 is 0 Å². The monoisotopic (exact) mass is 388 g/mol. The van der Waals surface area contributed by atoms with E-state index in [-0.39, 0.29) is 5.91 Å². The lowest BCUT2D eigenvalue weighted by molar-refractivity contribution is 0.0780. The molecule has 0 aliphatic carbocycles. The van der Waals surface area contributed by atoms with Crippen LogP contribution in [-0.4, -0.2) is 29.1 Å². The number of carbonyl (C=O) groups excluding carboxylic acids is 1. The molecule has 2 aromatic carbocycles. The number of carbonyl (C=O) groups is 1. The minimum Gasteiger partial charge on any atom is -0.336 e. The second kappa shape index (κ2) is 8.04. The van der Waals surface area contributed by atoms with Gasteiger partial charge in [-0.25, -0.2) is 4.98 Å². The third-order valence-corrected chi connectivity index (χ3v) is 5.59. The Labute approximate surface area is 160 Å². The summed E-state index contributed by atoms with van der Waals surface area (Å²) in [5.41, 5.74) is 2.48. The van der Waals surface area contributed by atoms with Gasteiger partial charge in [-0.15, -0.1) is 23.1 Å². The van der Waals surface area contributed by atoms with E-state index < -0.39 is 0 Å². The zero-order valence-corrected chi connectivity index (χ0v) is 16.3. The van der Waals surface area contributed by atoms with Crippen molar-refractivity contribution in [2.24, 2.45) is 0 Å². The van der Waals surface area contributed by atoms with Gasteiger partial charge in [0.2, 0.25) is 0 Å². The van der Waals surface area contributed by atoms with Crippen molar-refractivity contribution < 1.29 is 4.79 Å². The first-order valence-electron chi connectivity index (χ1n) is 7.66. The fraction of sp³-hybridized carbons (Fsp3) is 0.158. The zero-order chi connectivity index (χ0) is 17.8. The third-order valence-electron chi connectivity index (χ3n) is 3.72. The van der Waals surface area contributed by atoms with Crippen LogP contribution in [0.2, 0.25) is 5.02 Å². The Balaban J connectivity index is 1.72. The lowest BCUT2D eigenvalue weighted by atomic mass is 10.2. The summed E-state index contributed by atoms with van der Waals surface area (Å²) in [6.45, 7) is 0.553. The molecule has 0 radical (unpaired) electrons. The number of hydrogen-bond acceptors (Lipinski definition) is 4. The van der Waals surface area contributed by atoms with Crippen molar-refractivity contribution in [2.75, 3.05) is 13.3 Å². The van der Waals surface area contributed by atoms with Crippen molar-refractivity contribution in [3.05, 3.63) is 70.2 Å². The van der Waals surface area contributed by atoms with E-state index in [0.717, 1.165) is 16.1 Å². The standard InChI is InChI=1S/C19H17ClN2OS2/c1-22(11-13-6-8-16(24-2)9-7-13)19(23)17-12-25-18(21-17)14-4-3-5-15(20)10-14/h3-10,12H,11H2,1-2H3. The molecule has 0 aliphatic rings. The summed E-state index contributed by atoms with van der Waals surface area (Å²) in [7, 11) is 1.79. The first-order chi connectivity index (χ1) is 12.1. The van der Waals surface area contributed by atoms with E-state index in [9.17, 15) is 4.79 Å². The Bertz CT molecular complexity index is 877. The normalized spacial score (nSPS) is 10.7. The first kappa shape index (κ1) is 18.0. The number of nitrogens with zero attached hydrogens (tertiary/aromatic N) is 2.